The molecule has 182 valence electrons. The molecule has 0 unspecified atom stereocenters. The molecule has 7 nitrogen and oxygen atoms in total. The third-order valence-electron chi connectivity index (χ3n) is 5.17. The van der Waals surface area contributed by atoms with Crippen LogP contribution in [0.15, 0.2) is 64.2 Å². The third-order valence-corrected chi connectivity index (χ3v) is 5.70. The zero-order valence-electron chi connectivity index (χ0n) is 20.1. The first-order chi connectivity index (χ1) is 16.8. The number of nitrogens with zero attached hydrogens (tertiary/aromatic N) is 1. The highest BCUT2D eigenvalue weighted by atomic mass is 79.9. The van der Waals surface area contributed by atoms with Crippen molar-refractivity contribution in [2.24, 2.45) is 5.10 Å². The highest BCUT2D eigenvalue weighted by Crippen LogP contribution is 2.29. The van der Waals surface area contributed by atoms with Crippen LogP contribution in [-0.2, 0) is 4.79 Å². The molecule has 3 aromatic rings. The fourth-order valence-corrected chi connectivity index (χ4v) is 3.46. The van der Waals surface area contributed by atoms with Gasteiger partial charge in [0.1, 0.15) is 5.75 Å². The van der Waals surface area contributed by atoms with Gasteiger partial charge in [0.2, 0.25) is 0 Å². The number of hydrazone groups is 1. The Hall–Kier alpha value is -3.65. The standard InChI is InChI=1S/C27H27BrN2O5/c1-5-33-24-14-20(8-13-23(24)35-27(32)21-9-11-22(28)12-10-21)15-29-30-25(31)16-34-26-18(3)7-6-17(2)19(26)4/h6-15H,5,16H2,1-4H3,(H,30,31). The molecule has 0 aliphatic carbocycles. The molecule has 1 amide bonds. The number of ether oxygens (including phenoxy) is 3. The van der Waals surface area contributed by atoms with Gasteiger partial charge in [0.25, 0.3) is 5.91 Å². The number of nitrogens with one attached hydrogen (secondary N) is 1. The number of hydrogen-bond acceptors (Lipinski definition) is 6. The van der Waals surface area contributed by atoms with Crippen LogP contribution in [0, 0.1) is 20.8 Å². The maximum Gasteiger partial charge on any atom is 0.343 e. The molecule has 3 rings (SSSR count). The Kier molecular flexibility index (Phi) is 9.03. The summed E-state index contributed by atoms with van der Waals surface area (Å²) >= 11 is 3.34. The maximum atomic E-state index is 12.5. The molecule has 1 N–H and O–H groups in total. The van der Waals surface area contributed by atoms with Crippen molar-refractivity contribution in [1.29, 1.82) is 0 Å². The second kappa shape index (κ2) is 12.2. The summed E-state index contributed by atoms with van der Waals surface area (Å²) < 4.78 is 17.7. The lowest BCUT2D eigenvalue weighted by Gasteiger charge is -2.13. The van der Waals surface area contributed by atoms with Gasteiger partial charge in [0.05, 0.1) is 18.4 Å². The molecule has 0 bridgehead atoms. The Labute approximate surface area is 213 Å². The molecule has 0 saturated heterocycles. The fourth-order valence-electron chi connectivity index (χ4n) is 3.20. The summed E-state index contributed by atoms with van der Waals surface area (Å²) in [5.74, 6) is 0.511. The van der Waals surface area contributed by atoms with Crippen LogP contribution >= 0.6 is 15.9 Å². The number of aryl methyl sites for hydroxylation is 2. The molecule has 0 radical (unpaired) electrons. The smallest absolute Gasteiger partial charge is 0.343 e. The van der Waals surface area contributed by atoms with Crippen molar-refractivity contribution < 1.29 is 23.8 Å². The largest absolute Gasteiger partial charge is 0.490 e. The van der Waals surface area contributed by atoms with Crippen LogP contribution in [0.5, 0.6) is 17.2 Å². The number of benzene rings is 3. The molecule has 0 heterocycles. The quantitative estimate of drug-likeness (QED) is 0.168. The number of carbonyl (C=O) groups excluding carboxylic acids is 2. The van der Waals surface area contributed by atoms with Crippen molar-refractivity contribution in [3.05, 3.63) is 86.9 Å². The van der Waals surface area contributed by atoms with Gasteiger partial charge in [-0.25, -0.2) is 10.2 Å². The van der Waals surface area contributed by atoms with E-state index in [4.69, 9.17) is 14.2 Å². The van der Waals surface area contributed by atoms with Gasteiger partial charge in [-0.05, 0) is 92.4 Å². The van der Waals surface area contributed by atoms with Crippen molar-refractivity contribution in [3.63, 3.8) is 0 Å². The fraction of sp³-hybridized carbons (Fsp3) is 0.222. The lowest BCUT2D eigenvalue weighted by molar-refractivity contribution is -0.123. The Balaban J connectivity index is 1.61. The first-order valence-electron chi connectivity index (χ1n) is 11.0. The van der Waals surface area contributed by atoms with Crippen molar-refractivity contribution in [2.75, 3.05) is 13.2 Å². The first kappa shape index (κ1) is 26.0. The molecule has 0 aromatic heterocycles. The third kappa shape index (κ3) is 7.16. The van der Waals surface area contributed by atoms with E-state index in [0.717, 1.165) is 21.2 Å². The van der Waals surface area contributed by atoms with Crippen LogP contribution < -0.4 is 19.6 Å². The summed E-state index contributed by atoms with van der Waals surface area (Å²) in [5.41, 5.74) is 6.60. The molecule has 8 heteroatoms. The zero-order valence-corrected chi connectivity index (χ0v) is 21.6. The number of halogens is 1. The van der Waals surface area contributed by atoms with E-state index < -0.39 is 5.97 Å². The number of esters is 1. The van der Waals surface area contributed by atoms with Gasteiger partial charge in [-0.15, -0.1) is 0 Å². The van der Waals surface area contributed by atoms with Gasteiger partial charge in [0.15, 0.2) is 18.1 Å². The minimum Gasteiger partial charge on any atom is -0.490 e. The van der Waals surface area contributed by atoms with Gasteiger partial charge < -0.3 is 14.2 Å². The predicted molar refractivity (Wildman–Crippen MR) is 139 cm³/mol. The molecular formula is C27H27BrN2O5. The van der Waals surface area contributed by atoms with Gasteiger partial charge in [-0.3, -0.25) is 4.79 Å². The molecule has 0 aliphatic heterocycles. The molecule has 0 aliphatic rings. The highest BCUT2D eigenvalue weighted by Gasteiger charge is 2.13. The van der Waals surface area contributed by atoms with Crippen LogP contribution in [0.25, 0.3) is 0 Å². The van der Waals surface area contributed by atoms with Crippen LogP contribution in [0.4, 0.5) is 0 Å². The molecule has 0 spiro atoms. The number of rotatable bonds is 9. The summed E-state index contributed by atoms with van der Waals surface area (Å²) in [6.07, 6.45) is 1.48. The number of hydrogen-bond donors (Lipinski definition) is 1. The molecule has 0 atom stereocenters. The molecule has 3 aromatic carbocycles. The van der Waals surface area contributed by atoms with Gasteiger partial charge in [-0.1, -0.05) is 28.1 Å². The van der Waals surface area contributed by atoms with Gasteiger partial charge in [0, 0.05) is 4.47 Å². The minimum atomic E-state index is -0.494. The molecule has 0 saturated carbocycles. The Bertz CT molecular complexity index is 1240. The highest BCUT2D eigenvalue weighted by molar-refractivity contribution is 9.10. The summed E-state index contributed by atoms with van der Waals surface area (Å²) in [4.78, 5) is 24.6. The lowest BCUT2D eigenvalue weighted by atomic mass is 10.1. The van der Waals surface area contributed by atoms with E-state index in [-0.39, 0.29) is 12.5 Å². The van der Waals surface area contributed by atoms with E-state index in [2.05, 4.69) is 26.5 Å². The summed E-state index contributed by atoms with van der Waals surface area (Å²) in [6.45, 7) is 7.96. The monoisotopic (exact) mass is 538 g/mol. The van der Waals surface area contributed by atoms with E-state index in [1.807, 2.05) is 39.8 Å². The van der Waals surface area contributed by atoms with Crippen LogP contribution in [0.1, 0.15) is 39.5 Å². The molecular weight excluding hydrogens is 512 g/mol. The molecule has 0 fully saturated rings. The Morgan fingerprint density at radius 1 is 0.943 bits per heavy atom. The maximum absolute atomic E-state index is 12.5. The van der Waals surface area contributed by atoms with E-state index >= 15 is 0 Å². The zero-order chi connectivity index (χ0) is 25.4. The van der Waals surface area contributed by atoms with Crippen molar-refractivity contribution in [1.82, 2.24) is 5.43 Å². The van der Waals surface area contributed by atoms with Gasteiger partial charge >= 0.3 is 5.97 Å². The summed E-state index contributed by atoms with van der Waals surface area (Å²) in [7, 11) is 0. The Morgan fingerprint density at radius 3 is 2.37 bits per heavy atom. The van der Waals surface area contributed by atoms with Crippen molar-refractivity contribution in [3.8, 4) is 17.2 Å². The van der Waals surface area contributed by atoms with Crippen LogP contribution in [0.2, 0.25) is 0 Å². The van der Waals surface area contributed by atoms with E-state index in [9.17, 15) is 9.59 Å². The van der Waals surface area contributed by atoms with Crippen LogP contribution in [-0.4, -0.2) is 31.3 Å². The summed E-state index contributed by atoms with van der Waals surface area (Å²) in [6, 6.07) is 15.9. The average Bonchev–Trinajstić information content (AvgIpc) is 2.83. The molecule has 35 heavy (non-hydrogen) atoms. The minimum absolute atomic E-state index is 0.155. The Morgan fingerprint density at radius 2 is 1.66 bits per heavy atom. The number of amides is 1. The van der Waals surface area contributed by atoms with E-state index in [1.165, 1.54) is 6.21 Å². The number of carbonyl (C=O) groups is 2. The second-order valence-electron chi connectivity index (χ2n) is 7.77. The topological polar surface area (TPSA) is 86.2 Å². The van der Waals surface area contributed by atoms with Crippen molar-refractivity contribution >= 4 is 34.0 Å². The SMILES string of the molecule is CCOc1cc(C=NNC(=O)COc2c(C)ccc(C)c2C)ccc1OC(=O)c1ccc(Br)cc1. The normalized spacial score (nSPS) is 10.8. The first-order valence-corrected chi connectivity index (χ1v) is 11.8. The van der Waals surface area contributed by atoms with Crippen molar-refractivity contribution in [2.45, 2.75) is 27.7 Å². The van der Waals surface area contributed by atoms with Gasteiger partial charge in [-0.2, -0.15) is 5.10 Å². The second-order valence-corrected chi connectivity index (χ2v) is 8.69. The average molecular weight is 539 g/mol. The predicted octanol–water partition coefficient (Wildman–Crippen LogP) is 5.52. The van der Waals surface area contributed by atoms with E-state index in [1.54, 1.807) is 42.5 Å². The van der Waals surface area contributed by atoms with E-state index in [0.29, 0.717) is 35.0 Å². The van der Waals surface area contributed by atoms with Crippen LogP contribution in [0.3, 0.4) is 0 Å². The lowest BCUT2D eigenvalue weighted by Crippen LogP contribution is -2.25. The summed E-state index contributed by atoms with van der Waals surface area (Å²) in [5, 5.41) is 3.99.